The van der Waals surface area contributed by atoms with E-state index in [-0.39, 0.29) is 16.6 Å². The number of carbonyl (C=O) groups is 2. The lowest BCUT2D eigenvalue weighted by atomic mass is 10.1. The average molecular weight is 478 g/mol. The number of fused-ring (bicyclic) bond motifs is 2. The third-order valence-corrected chi connectivity index (χ3v) is 6.06. The van der Waals surface area contributed by atoms with E-state index in [1.165, 1.54) is 18.2 Å². The van der Waals surface area contributed by atoms with Crippen molar-refractivity contribution in [2.75, 3.05) is 10.2 Å². The van der Waals surface area contributed by atoms with Gasteiger partial charge in [0.1, 0.15) is 11.6 Å². The zero-order chi connectivity index (χ0) is 23.8. The lowest BCUT2D eigenvalue weighted by Gasteiger charge is -2.23. The molecule has 0 unspecified atom stereocenters. The Balaban J connectivity index is 1.43. The Morgan fingerprint density at radius 1 is 0.912 bits per heavy atom. The lowest BCUT2D eigenvalue weighted by Crippen LogP contribution is -2.30. The van der Waals surface area contributed by atoms with Crippen molar-refractivity contribution < 1.29 is 18.4 Å². The van der Waals surface area contributed by atoms with Crippen LogP contribution in [0.3, 0.4) is 0 Å². The predicted molar refractivity (Wildman–Crippen MR) is 126 cm³/mol. The van der Waals surface area contributed by atoms with Gasteiger partial charge in [0, 0.05) is 29.7 Å². The number of hydrogen-bond donors (Lipinski definition) is 1. The maximum absolute atomic E-state index is 13.9. The van der Waals surface area contributed by atoms with Gasteiger partial charge in [-0.05, 0) is 60.2 Å². The molecular formula is C26H18ClF2N3O2. The first kappa shape index (κ1) is 21.9. The molecule has 1 N–H and O–H groups in total. The first-order valence-electron chi connectivity index (χ1n) is 10.5. The van der Waals surface area contributed by atoms with Crippen molar-refractivity contribution in [1.82, 2.24) is 4.57 Å². The molecule has 0 aliphatic carbocycles. The van der Waals surface area contributed by atoms with Gasteiger partial charge in [0.15, 0.2) is 0 Å². The van der Waals surface area contributed by atoms with E-state index < -0.39 is 23.1 Å². The molecule has 0 bridgehead atoms. The van der Waals surface area contributed by atoms with Gasteiger partial charge in [0.25, 0.3) is 11.8 Å². The highest BCUT2D eigenvalue weighted by Gasteiger charge is 2.25. The number of benzene rings is 3. The van der Waals surface area contributed by atoms with E-state index in [0.29, 0.717) is 18.7 Å². The first-order chi connectivity index (χ1) is 16.4. The molecule has 170 valence electrons. The molecule has 2 heterocycles. The fourth-order valence-electron chi connectivity index (χ4n) is 4.03. The van der Waals surface area contributed by atoms with Crippen LogP contribution >= 0.6 is 11.6 Å². The second kappa shape index (κ2) is 8.76. The summed E-state index contributed by atoms with van der Waals surface area (Å²) in [5.74, 6) is -2.69. The van der Waals surface area contributed by atoms with Crippen molar-refractivity contribution in [1.29, 1.82) is 0 Å². The normalized spacial score (nSPS) is 12.5. The molecule has 8 heteroatoms. The highest BCUT2D eigenvalue weighted by Crippen LogP contribution is 2.31. The highest BCUT2D eigenvalue weighted by molar-refractivity contribution is 6.34. The standard InChI is InChI=1S/C26H18ClF2N3O2/c27-21-12-16(7-10-23(21)30-25(33)20-13-18(28)8-9-22(20)29)26(34)32-15-19-5-3-11-31(19)14-17-4-1-2-6-24(17)32/h1-13H,14-15H2,(H,30,33). The minimum atomic E-state index is -0.855. The number of nitrogens with one attached hydrogen (secondary N) is 1. The van der Waals surface area contributed by atoms with Crippen molar-refractivity contribution in [2.24, 2.45) is 0 Å². The van der Waals surface area contributed by atoms with Crippen LogP contribution < -0.4 is 10.2 Å². The van der Waals surface area contributed by atoms with Crippen LogP contribution in [-0.2, 0) is 13.1 Å². The fraction of sp³-hybridized carbons (Fsp3) is 0.0769. The maximum atomic E-state index is 13.9. The van der Waals surface area contributed by atoms with E-state index in [0.717, 1.165) is 35.1 Å². The number of hydrogen-bond acceptors (Lipinski definition) is 2. The van der Waals surface area contributed by atoms with Crippen LogP contribution in [0.5, 0.6) is 0 Å². The van der Waals surface area contributed by atoms with Gasteiger partial charge in [-0.1, -0.05) is 29.8 Å². The van der Waals surface area contributed by atoms with Gasteiger partial charge in [-0.3, -0.25) is 9.59 Å². The summed E-state index contributed by atoms with van der Waals surface area (Å²) in [5, 5.41) is 2.57. The maximum Gasteiger partial charge on any atom is 0.258 e. The van der Waals surface area contributed by atoms with Gasteiger partial charge in [-0.15, -0.1) is 0 Å². The Bertz CT molecular complexity index is 1430. The summed E-state index contributed by atoms with van der Waals surface area (Å²) >= 11 is 6.35. The van der Waals surface area contributed by atoms with Crippen LogP contribution in [0, 0.1) is 11.6 Å². The van der Waals surface area contributed by atoms with Gasteiger partial charge in [0.05, 0.1) is 22.8 Å². The third kappa shape index (κ3) is 4.06. The number of para-hydroxylation sites is 1. The van der Waals surface area contributed by atoms with Gasteiger partial charge in [0.2, 0.25) is 0 Å². The van der Waals surface area contributed by atoms with Gasteiger partial charge in [-0.2, -0.15) is 0 Å². The Labute approximate surface area is 199 Å². The number of aromatic nitrogens is 1. The molecule has 2 amide bonds. The van der Waals surface area contributed by atoms with Gasteiger partial charge >= 0.3 is 0 Å². The number of carbonyl (C=O) groups excluding carboxylic acids is 2. The van der Waals surface area contributed by atoms with Crippen molar-refractivity contribution in [3.05, 3.63) is 118 Å². The predicted octanol–water partition coefficient (Wildman–Crippen LogP) is 5.88. The quantitative estimate of drug-likeness (QED) is 0.400. The van der Waals surface area contributed by atoms with Crippen LogP contribution in [0.2, 0.25) is 5.02 Å². The fourth-order valence-corrected chi connectivity index (χ4v) is 4.26. The van der Waals surface area contributed by atoms with Crippen molar-refractivity contribution in [3.63, 3.8) is 0 Å². The second-order valence-electron chi connectivity index (χ2n) is 7.92. The molecule has 0 fully saturated rings. The largest absolute Gasteiger partial charge is 0.345 e. The third-order valence-electron chi connectivity index (χ3n) is 5.75. The number of halogens is 3. The highest BCUT2D eigenvalue weighted by atomic mass is 35.5. The van der Waals surface area contributed by atoms with Gasteiger partial charge < -0.3 is 14.8 Å². The monoisotopic (exact) mass is 477 g/mol. The summed E-state index contributed by atoms with van der Waals surface area (Å²) in [5.41, 5.74) is 2.88. The lowest BCUT2D eigenvalue weighted by molar-refractivity contribution is 0.0983. The summed E-state index contributed by atoms with van der Waals surface area (Å²) in [7, 11) is 0. The molecule has 3 aromatic carbocycles. The molecule has 0 saturated heterocycles. The van der Waals surface area contributed by atoms with Gasteiger partial charge in [-0.25, -0.2) is 8.78 Å². The smallest absolute Gasteiger partial charge is 0.258 e. The van der Waals surface area contributed by atoms with E-state index in [1.54, 1.807) is 4.90 Å². The van der Waals surface area contributed by atoms with E-state index in [9.17, 15) is 18.4 Å². The summed E-state index contributed by atoms with van der Waals surface area (Å²) in [6, 6.07) is 18.7. The molecule has 0 spiro atoms. The SMILES string of the molecule is O=C(Nc1ccc(C(=O)N2Cc3cccn3Cc3ccccc32)cc1Cl)c1cc(F)ccc1F. The molecule has 4 aromatic rings. The molecule has 5 rings (SSSR count). The Morgan fingerprint density at radius 3 is 2.56 bits per heavy atom. The van der Waals surface area contributed by atoms with Crippen LogP contribution in [0.15, 0.2) is 79.0 Å². The Morgan fingerprint density at radius 2 is 1.74 bits per heavy atom. The van der Waals surface area contributed by atoms with E-state index in [2.05, 4.69) is 9.88 Å². The molecule has 0 atom stereocenters. The molecule has 1 aliphatic heterocycles. The molecule has 34 heavy (non-hydrogen) atoms. The summed E-state index contributed by atoms with van der Waals surface area (Å²) in [6.07, 6.45) is 1.98. The minimum absolute atomic E-state index is 0.0995. The molecule has 0 radical (unpaired) electrons. The molecular weight excluding hydrogens is 460 g/mol. The van der Waals surface area contributed by atoms with E-state index >= 15 is 0 Å². The van der Waals surface area contributed by atoms with Crippen LogP contribution in [0.25, 0.3) is 0 Å². The van der Waals surface area contributed by atoms with E-state index in [4.69, 9.17) is 11.6 Å². The minimum Gasteiger partial charge on any atom is -0.345 e. The Kier molecular flexibility index (Phi) is 5.63. The summed E-state index contributed by atoms with van der Waals surface area (Å²) < 4.78 is 29.5. The summed E-state index contributed by atoms with van der Waals surface area (Å²) in [6.45, 7) is 1.04. The zero-order valence-corrected chi connectivity index (χ0v) is 18.5. The molecule has 0 saturated carbocycles. The molecule has 1 aromatic heterocycles. The Hall–Kier alpha value is -3.97. The topological polar surface area (TPSA) is 54.3 Å². The van der Waals surface area contributed by atoms with Crippen LogP contribution in [-0.4, -0.2) is 16.4 Å². The zero-order valence-electron chi connectivity index (χ0n) is 17.8. The first-order valence-corrected chi connectivity index (χ1v) is 10.9. The number of rotatable bonds is 3. The summed E-state index contributed by atoms with van der Waals surface area (Å²) in [4.78, 5) is 27.6. The second-order valence-corrected chi connectivity index (χ2v) is 8.33. The van der Waals surface area contributed by atoms with Crippen molar-refractivity contribution >= 4 is 34.8 Å². The molecule has 1 aliphatic rings. The number of anilines is 2. The number of nitrogens with zero attached hydrogens (tertiary/aromatic N) is 2. The molecule has 5 nitrogen and oxygen atoms in total. The van der Waals surface area contributed by atoms with Crippen LogP contribution in [0.1, 0.15) is 32.0 Å². The van der Waals surface area contributed by atoms with E-state index in [1.807, 2.05) is 42.6 Å². The van der Waals surface area contributed by atoms with Crippen molar-refractivity contribution in [3.8, 4) is 0 Å². The van der Waals surface area contributed by atoms with Crippen molar-refractivity contribution in [2.45, 2.75) is 13.1 Å². The average Bonchev–Trinajstić information content (AvgIpc) is 3.20. The number of amides is 2. The van der Waals surface area contributed by atoms with Crippen LogP contribution in [0.4, 0.5) is 20.2 Å².